The molecule has 0 aliphatic carbocycles. The molecule has 0 radical (unpaired) electrons. The van der Waals surface area contributed by atoms with E-state index in [1.54, 1.807) is 24.3 Å². The average molecular weight is 463 g/mol. The van der Waals surface area contributed by atoms with Gasteiger partial charge >= 0.3 is 0 Å². The second kappa shape index (κ2) is 10.0. The smallest absolute Gasteiger partial charge is 0.238 e. The van der Waals surface area contributed by atoms with Gasteiger partial charge in [0.25, 0.3) is 0 Å². The number of benzene rings is 3. The number of nitrogens with two attached hydrogens (primary N) is 2. The van der Waals surface area contributed by atoms with Crippen LogP contribution in [0.3, 0.4) is 0 Å². The van der Waals surface area contributed by atoms with Crippen molar-refractivity contribution in [1.82, 2.24) is 0 Å². The molecule has 8 heteroatoms. The molecule has 0 saturated heterocycles. The van der Waals surface area contributed by atoms with Crippen molar-refractivity contribution in [1.29, 1.82) is 0 Å². The Morgan fingerprint density at radius 2 is 1.55 bits per heavy atom. The Labute approximate surface area is 192 Å². The molecule has 0 heterocycles. The van der Waals surface area contributed by atoms with E-state index in [9.17, 15) is 13.2 Å². The van der Waals surface area contributed by atoms with Crippen molar-refractivity contribution in [2.24, 2.45) is 5.14 Å². The Bertz CT molecular complexity index is 1380. The number of methoxy groups -OCH3 is 2. The number of ketones is 1. The van der Waals surface area contributed by atoms with Crippen LogP contribution in [0.1, 0.15) is 27.0 Å². The number of anilines is 1. The number of nitrogen functional groups attached to an aromatic ring is 1. The summed E-state index contributed by atoms with van der Waals surface area (Å²) in [5.41, 5.74) is 8.72. The molecule has 3 rings (SSSR count). The summed E-state index contributed by atoms with van der Waals surface area (Å²) in [5, 5.41) is 5.09. The minimum absolute atomic E-state index is 0.0675. The van der Waals surface area contributed by atoms with E-state index in [1.165, 1.54) is 44.6 Å². The summed E-state index contributed by atoms with van der Waals surface area (Å²) in [6.45, 7) is 0. The first-order valence-corrected chi connectivity index (χ1v) is 11.3. The summed E-state index contributed by atoms with van der Waals surface area (Å²) < 4.78 is 33.6. The van der Waals surface area contributed by atoms with Crippen LogP contribution in [-0.4, -0.2) is 28.4 Å². The Balaban J connectivity index is 1.94. The zero-order chi connectivity index (χ0) is 24.0. The van der Waals surface area contributed by atoms with Gasteiger partial charge in [-0.15, -0.1) is 0 Å². The number of sulfonamides is 1. The van der Waals surface area contributed by atoms with Gasteiger partial charge in [-0.2, -0.15) is 0 Å². The lowest BCUT2D eigenvalue weighted by Gasteiger charge is -2.10. The second-order valence-corrected chi connectivity index (χ2v) is 8.46. The van der Waals surface area contributed by atoms with Gasteiger partial charge in [-0.1, -0.05) is 24.0 Å². The molecule has 0 bridgehead atoms. The van der Waals surface area contributed by atoms with Crippen LogP contribution in [0.2, 0.25) is 0 Å². The van der Waals surface area contributed by atoms with Crippen LogP contribution < -0.4 is 20.3 Å². The number of carbonyl (C=O) groups is 1. The minimum atomic E-state index is -3.83. The van der Waals surface area contributed by atoms with Crippen LogP contribution in [0, 0.1) is 11.8 Å². The molecule has 3 aromatic carbocycles. The van der Waals surface area contributed by atoms with Crippen LogP contribution in [0.15, 0.2) is 71.6 Å². The molecule has 7 nitrogen and oxygen atoms in total. The van der Waals surface area contributed by atoms with E-state index in [0.717, 1.165) is 0 Å². The van der Waals surface area contributed by atoms with E-state index in [-0.39, 0.29) is 10.7 Å². The van der Waals surface area contributed by atoms with Crippen molar-refractivity contribution in [3.8, 4) is 23.3 Å². The molecule has 0 atom stereocenters. The number of allylic oxidation sites excluding steroid dienone is 1. The molecule has 0 aliphatic heterocycles. The normalized spacial score (nSPS) is 11.0. The summed E-state index contributed by atoms with van der Waals surface area (Å²) in [6, 6.07) is 16.1. The quantitative estimate of drug-likeness (QED) is 0.251. The van der Waals surface area contributed by atoms with E-state index in [4.69, 9.17) is 20.3 Å². The molecule has 0 fully saturated rings. The van der Waals surface area contributed by atoms with Crippen LogP contribution in [0.5, 0.6) is 11.5 Å². The Morgan fingerprint density at radius 1 is 0.909 bits per heavy atom. The van der Waals surface area contributed by atoms with Gasteiger partial charge in [-0.3, -0.25) is 4.79 Å². The number of carbonyl (C=O) groups excluding carboxylic acids is 1. The van der Waals surface area contributed by atoms with Gasteiger partial charge < -0.3 is 15.2 Å². The van der Waals surface area contributed by atoms with Crippen LogP contribution in [-0.2, 0) is 10.0 Å². The fraction of sp³-hybridized carbons (Fsp3) is 0.0800. The van der Waals surface area contributed by atoms with Gasteiger partial charge in [-0.05, 0) is 54.6 Å². The lowest BCUT2D eigenvalue weighted by atomic mass is 10.0. The number of hydrogen-bond acceptors (Lipinski definition) is 6. The zero-order valence-corrected chi connectivity index (χ0v) is 18.8. The third-order valence-electron chi connectivity index (χ3n) is 4.73. The van der Waals surface area contributed by atoms with E-state index in [0.29, 0.717) is 39.4 Å². The molecule has 3 aromatic rings. The molecule has 0 spiro atoms. The minimum Gasteiger partial charge on any atom is -0.496 e. The van der Waals surface area contributed by atoms with Crippen molar-refractivity contribution in [3.05, 3.63) is 89.0 Å². The maximum atomic E-state index is 12.6. The molecule has 0 unspecified atom stereocenters. The number of rotatable bonds is 6. The van der Waals surface area contributed by atoms with Gasteiger partial charge in [0.1, 0.15) is 11.5 Å². The topological polar surface area (TPSA) is 122 Å². The van der Waals surface area contributed by atoms with Gasteiger partial charge in [0.15, 0.2) is 5.78 Å². The maximum Gasteiger partial charge on any atom is 0.238 e. The van der Waals surface area contributed by atoms with Crippen molar-refractivity contribution in [2.45, 2.75) is 4.90 Å². The zero-order valence-electron chi connectivity index (χ0n) is 18.0. The molecule has 0 aliphatic rings. The Kier molecular flexibility index (Phi) is 7.18. The maximum absolute atomic E-state index is 12.6. The molecule has 0 aromatic heterocycles. The van der Waals surface area contributed by atoms with Crippen LogP contribution >= 0.6 is 0 Å². The van der Waals surface area contributed by atoms with Crippen LogP contribution in [0.4, 0.5) is 5.69 Å². The number of para-hydroxylation sites is 1. The van der Waals surface area contributed by atoms with Gasteiger partial charge in [0, 0.05) is 28.4 Å². The fourth-order valence-electron chi connectivity index (χ4n) is 2.97. The molecular formula is C25H22N2O5S. The summed E-state index contributed by atoms with van der Waals surface area (Å²) in [6.07, 6.45) is 2.96. The molecule has 0 saturated carbocycles. The highest BCUT2D eigenvalue weighted by Gasteiger charge is 2.11. The summed E-state index contributed by atoms with van der Waals surface area (Å²) in [7, 11) is -0.789. The molecular weight excluding hydrogens is 440 g/mol. The lowest BCUT2D eigenvalue weighted by Crippen LogP contribution is -2.12. The van der Waals surface area contributed by atoms with E-state index < -0.39 is 10.0 Å². The number of primary sulfonamides is 1. The molecule has 0 amide bonds. The van der Waals surface area contributed by atoms with E-state index >= 15 is 0 Å². The summed E-state index contributed by atoms with van der Waals surface area (Å²) in [4.78, 5) is 12.5. The highest BCUT2D eigenvalue weighted by Crippen LogP contribution is 2.30. The van der Waals surface area contributed by atoms with Gasteiger partial charge in [-0.25, -0.2) is 13.6 Å². The average Bonchev–Trinajstić information content (AvgIpc) is 2.81. The summed E-state index contributed by atoms with van der Waals surface area (Å²) in [5.74, 6) is 6.77. The van der Waals surface area contributed by atoms with Crippen molar-refractivity contribution < 1.29 is 22.7 Å². The van der Waals surface area contributed by atoms with Gasteiger partial charge in [0.05, 0.1) is 24.7 Å². The Morgan fingerprint density at radius 3 is 2.15 bits per heavy atom. The first kappa shape index (κ1) is 23.6. The van der Waals surface area contributed by atoms with Crippen molar-refractivity contribution in [3.63, 3.8) is 0 Å². The number of ether oxygens (including phenoxy) is 2. The van der Waals surface area contributed by atoms with Gasteiger partial charge in [0.2, 0.25) is 10.0 Å². The predicted molar refractivity (Wildman–Crippen MR) is 128 cm³/mol. The third kappa shape index (κ3) is 5.80. The monoisotopic (exact) mass is 462 g/mol. The first-order valence-electron chi connectivity index (χ1n) is 9.70. The second-order valence-electron chi connectivity index (χ2n) is 6.90. The number of hydrogen-bond donors (Lipinski definition) is 2. The van der Waals surface area contributed by atoms with Crippen molar-refractivity contribution in [2.75, 3.05) is 20.0 Å². The first-order chi connectivity index (χ1) is 15.7. The van der Waals surface area contributed by atoms with Crippen LogP contribution in [0.25, 0.3) is 6.08 Å². The highest BCUT2D eigenvalue weighted by molar-refractivity contribution is 7.89. The van der Waals surface area contributed by atoms with E-state index in [2.05, 4.69) is 11.8 Å². The van der Waals surface area contributed by atoms with Crippen molar-refractivity contribution >= 4 is 27.6 Å². The lowest BCUT2D eigenvalue weighted by molar-refractivity contribution is 0.104. The SMILES string of the molecule is COc1cc(OC)c(C=CC(=O)c2ccc(S(N)(=O)=O)cc2)cc1C#Cc1ccccc1N. The third-order valence-corrected chi connectivity index (χ3v) is 5.66. The standard InChI is InChI=1S/C25H22N2O5S/c1-31-24-16-25(32-2)20(15-19(24)8-7-17-5-3-4-6-22(17)26)11-14-23(28)18-9-12-21(13-10-18)33(27,29)30/h3-6,9-16H,26H2,1-2H3,(H2,27,29,30). The predicted octanol–water partition coefficient (Wildman–Crippen LogP) is 3.23. The largest absolute Gasteiger partial charge is 0.496 e. The Hall–Kier alpha value is -4.06. The summed E-state index contributed by atoms with van der Waals surface area (Å²) >= 11 is 0. The fourth-order valence-corrected chi connectivity index (χ4v) is 3.48. The molecule has 33 heavy (non-hydrogen) atoms. The highest BCUT2D eigenvalue weighted by atomic mass is 32.2. The molecule has 168 valence electrons. The van der Waals surface area contributed by atoms with E-state index in [1.807, 2.05) is 18.2 Å². The molecule has 4 N–H and O–H groups in total.